The van der Waals surface area contributed by atoms with Crippen LogP contribution in [0.25, 0.3) is 6.08 Å². The van der Waals surface area contributed by atoms with Crippen molar-refractivity contribution in [2.75, 3.05) is 34.5 Å². The summed E-state index contributed by atoms with van der Waals surface area (Å²) in [7, 11) is 4.61. The number of Topliss-reactive ketones (excluding diaryl/α,β-unsaturated/α-hetero) is 1. The molecule has 0 N–H and O–H groups in total. The largest absolute Gasteiger partial charge is 0.493 e. The van der Waals surface area contributed by atoms with Gasteiger partial charge in [-0.05, 0) is 43.7 Å². The van der Waals surface area contributed by atoms with Crippen LogP contribution in [0, 0.1) is 13.8 Å². The monoisotopic (exact) mass is 435 g/mol. The molecule has 0 spiro atoms. The molecule has 30 heavy (non-hydrogen) atoms. The highest BCUT2D eigenvalue weighted by molar-refractivity contribution is 6.32. The maximum absolute atomic E-state index is 12.5. The molecule has 0 fully saturated rings. The normalized spacial score (nSPS) is 11.0. The van der Waals surface area contributed by atoms with Crippen molar-refractivity contribution in [2.24, 2.45) is 0 Å². The summed E-state index contributed by atoms with van der Waals surface area (Å²) in [6, 6.07) is 5.10. The molecule has 0 aliphatic heterocycles. The van der Waals surface area contributed by atoms with Gasteiger partial charge < -0.3 is 23.5 Å². The van der Waals surface area contributed by atoms with Gasteiger partial charge in [0, 0.05) is 36.7 Å². The number of hydrogen-bond acceptors (Lipinski definition) is 6. The number of benzene rings is 1. The molecule has 0 saturated carbocycles. The van der Waals surface area contributed by atoms with Gasteiger partial charge in [-0.2, -0.15) is 0 Å². The van der Waals surface area contributed by atoms with Gasteiger partial charge in [0.05, 0.1) is 25.8 Å². The quantitative estimate of drug-likeness (QED) is 0.320. The molecule has 1 heterocycles. The van der Waals surface area contributed by atoms with Crippen molar-refractivity contribution < 1.29 is 28.5 Å². The number of carbonyl (C=O) groups excluding carboxylic acids is 2. The van der Waals surface area contributed by atoms with Crippen molar-refractivity contribution in [3.05, 3.63) is 51.8 Å². The van der Waals surface area contributed by atoms with Crippen LogP contribution in [0.1, 0.15) is 27.3 Å². The Hall–Kier alpha value is -2.77. The number of carbonyl (C=O) groups is 2. The lowest BCUT2D eigenvalue weighted by atomic mass is 10.1. The zero-order valence-electron chi connectivity index (χ0n) is 17.8. The first-order valence-electron chi connectivity index (χ1n) is 9.27. The minimum atomic E-state index is -0.637. The predicted molar refractivity (Wildman–Crippen MR) is 115 cm³/mol. The number of aromatic nitrogens is 1. The molecule has 0 amide bonds. The fraction of sp³-hybridized carbons (Fsp3) is 0.364. The Kier molecular flexibility index (Phi) is 8.50. The first kappa shape index (κ1) is 23.5. The number of esters is 1. The molecule has 1 aromatic heterocycles. The maximum Gasteiger partial charge on any atom is 0.331 e. The van der Waals surface area contributed by atoms with Crippen LogP contribution in [0.4, 0.5) is 0 Å². The minimum absolute atomic E-state index is 0.261. The van der Waals surface area contributed by atoms with E-state index in [2.05, 4.69) is 0 Å². The predicted octanol–water partition coefficient (Wildman–Crippen LogP) is 3.86. The van der Waals surface area contributed by atoms with E-state index >= 15 is 0 Å². The van der Waals surface area contributed by atoms with E-state index in [4.69, 9.17) is 30.5 Å². The van der Waals surface area contributed by atoms with Gasteiger partial charge >= 0.3 is 5.97 Å². The Bertz CT molecular complexity index is 948. The van der Waals surface area contributed by atoms with E-state index in [9.17, 15) is 9.59 Å². The van der Waals surface area contributed by atoms with E-state index in [1.165, 1.54) is 26.4 Å². The number of ether oxygens (including phenoxy) is 4. The first-order chi connectivity index (χ1) is 14.3. The molecule has 0 aliphatic rings. The second-order valence-corrected chi connectivity index (χ2v) is 6.94. The van der Waals surface area contributed by atoms with Gasteiger partial charge in [-0.25, -0.2) is 4.79 Å². The molecule has 0 radical (unpaired) electrons. The lowest BCUT2D eigenvalue weighted by Gasteiger charge is -2.10. The summed E-state index contributed by atoms with van der Waals surface area (Å²) in [4.78, 5) is 24.5. The van der Waals surface area contributed by atoms with E-state index in [1.54, 1.807) is 25.3 Å². The molecule has 0 bridgehead atoms. The summed E-state index contributed by atoms with van der Waals surface area (Å²) in [5.74, 6) is -0.0465. The lowest BCUT2D eigenvalue weighted by Crippen LogP contribution is -2.14. The molecule has 162 valence electrons. The highest BCUT2D eigenvalue weighted by Gasteiger charge is 2.17. The third-order valence-corrected chi connectivity index (χ3v) is 4.89. The number of hydrogen-bond donors (Lipinski definition) is 0. The molecular formula is C22H26ClNO6. The van der Waals surface area contributed by atoms with Crippen molar-refractivity contribution >= 4 is 29.4 Å². The summed E-state index contributed by atoms with van der Waals surface area (Å²) < 4.78 is 22.6. The van der Waals surface area contributed by atoms with E-state index in [1.807, 2.05) is 18.4 Å². The maximum atomic E-state index is 12.5. The Morgan fingerprint density at radius 2 is 1.83 bits per heavy atom. The van der Waals surface area contributed by atoms with Crippen molar-refractivity contribution in [1.29, 1.82) is 0 Å². The molecule has 0 aliphatic carbocycles. The van der Waals surface area contributed by atoms with E-state index < -0.39 is 5.97 Å². The van der Waals surface area contributed by atoms with Gasteiger partial charge in [-0.1, -0.05) is 11.6 Å². The topological polar surface area (TPSA) is 76.0 Å². The standard InChI is InChI=1S/C22H26ClNO6/c1-14-10-17(15(2)24(14)8-9-27-3)19(25)13-30-21(26)7-6-16-11-18(23)22(29-5)20(12-16)28-4/h6-7,10-12H,8-9,13H2,1-5H3/b7-6+. The fourth-order valence-corrected chi connectivity index (χ4v) is 3.37. The molecule has 8 heteroatoms. The van der Waals surface area contributed by atoms with Gasteiger partial charge in [0.1, 0.15) is 0 Å². The summed E-state index contributed by atoms with van der Waals surface area (Å²) in [5.41, 5.74) is 2.93. The first-order valence-corrected chi connectivity index (χ1v) is 9.65. The highest BCUT2D eigenvalue weighted by Crippen LogP contribution is 2.36. The lowest BCUT2D eigenvalue weighted by molar-refractivity contribution is -0.136. The average molecular weight is 436 g/mol. The molecule has 7 nitrogen and oxygen atoms in total. The van der Waals surface area contributed by atoms with Crippen LogP contribution >= 0.6 is 11.6 Å². The summed E-state index contributed by atoms with van der Waals surface area (Å²) >= 11 is 6.15. The van der Waals surface area contributed by atoms with Gasteiger partial charge in [0.25, 0.3) is 0 Å². The summed E-state index contributed by atoms with van der Waals surface area (Å²) in [6.45, 7) is 4.63. The third kappa shape index (κ3) is 5.64. The summed E-state index contributed by atoms with van der Waals surface area (Å²) in [6.07, 6.45) is 2.75. The molecule has 0 unspecified atom stereocenters. The van der Waals surface area contributed by atoms with E-state index in [0.717, 1.165) is 11.4 Å². The van der Waals surface area contributed by atoms with Crippen LogP contribution in [0.3, 0.4) is 0 Å². The molecule has 0 atom stereocenters. The minimum Gasteiger partial charge on any atom is -0.493 e. The van der Waals surface area contributed by atoms with Crippen molar-refractivity contribution in [3.63, 3.8) is 0 Å². The van der Waals surface area contributed by atoms with Crippen LogP contribution in [0.15, 0.2) is 24.3 Å². The molecule has 2 aromatic rings. The number of halogens is 1. The summed E-state index contributed by atoms with van der Waals surface area (Å²) in [5, 5.41) is 0.351. The van der Waals surface area contributed by atoms with Crippen molar-refractivity contribution in [3.8, 4) is 11.5 Å². The van der Waals surface area contributed by atoms with Crippen LogP contribution in [-0.4, -0.2) is 50.9 Å². The van der Waals surface area contributed by atoms with E-state index in [0.29, 0.717) is 40.8 Å². The van der Waals surface area contributed by atoms with Crippen molar-refractivity contribution in [2.45, 2.75) is 20.4 Å². The van der Waals surface area contributed by atoms with Crippen molar-refractivity contribution in [1.82, 2.24) is 4.57 Å². The number of nitrogens with zero attached hydrogens (tertiary/aromatic N) is 1. The number of rotatable bonds is 10. The highest BCUT2D eigenvalue weighted by atomic mass is 35.5. The second-order valence-electron chi connectivity index (χ2n) is 6.53. The Morgan fingerprint density at radius 1 is 1.10 bits per heavy atom. The molecule has 0 saturated heterocycles. The number of ketones is 1. The third-order valence-electron chi connectivity index (χ3n) is 4.61. The van der Waals surface area contributed by atoms with Crippen LogP contribution in [0.5, 0.6) is 11.5 Å². The van der Waals surface area contributed by atoms with Crippen LogP contribution in [-0.2, 0) is 20.8 Å². The number of methoxy groups -OCH3 is 3. The Morgan fingerprint density at radius 3 is 2.47 bits per heavy atom. The zero-order valence-corrected chi connectivity index (χ0v) is 18.5. The number of aryl methyl sites for hydroxylation is 1. The van der Waals surface area contributed by atoms with Crippen LogP contribution < -0.4 is 9.47 Å². The van der Waals surface area contributed by atoms with Gasteiger partial charge in [-0.3, -0.25) is 4.79 Å². The molecule has 1 aromatic carbocycles. The Labute approximate surface area is 181 Å². The van der Waals surface area contributed by atoms with Crippen LogP contribution in [0.2, 0.25) is 5.02 Å². The van der Waals surface area contributed by atoms with E-state index in [-0.39, 0.29) is 12.4 Å². The van der Waals surface area contributed by atoms with Gasteiger partial charge in [-0.15, -0.1) is 0 Å². The smallest absolute Gasteiger partial charge is 0.331 e. The second kappa shape index (κ2) is 10.8. The SMILES string of the molecule is COCCn1c(C)cc(C(=O)COC(=O)/C=C/c2cc(Cl)c(OC)c(OC)c2)c1C. The van der Waals surface area contributed by atoms with Gasteiger partial charge in [0.15, 0.2) is 18.1 Å². The molecular weight excluding hydrogens is 410 g/mol. The molecule has 2 rings (SSSR count). The van der Waals surface area contributed by atoms with Gasteiger partial charge in [0.2, 0.25) is 5.78 Å². The average Bonchev–Trinajstić information content (AvgIpc) is 3.01. The zero-order chi connectivity index (χ0) is 22.3. The fourth-order valence-electron chi connectivity index (χ4n) is 3.07. The Balaban J connectivity index is 2.01.